The lowest BCUT2D eigenvalue weighted by atomic mass is 10.1. The van der Waals surface area contributed by atoms with Crippen LogP contribution < -0.4 is 10.6 Å². The Morgan fingerprint density at radius 2 is 1.72 bits per heavy atom. The van der Waals surface area contributed by atoms with E-state index in [4.69, 9.17) is 11.6 Å². The summed E-state index contributed by atoms with van der Waals surface area (Å²) in [6.07, 6.45) is 1.11. The molecule has 0 aromatic heterocycles. The molecule has 4 nitrogen and oxygen atoms in total. The Morgan fingerprint density at radius 1 is 1.11 bits per heavy atom. The van der Waals surface area contributed by atoms with Crippen LogP contribution in [0.4, 0.5) is 4.79 Å². The molecule has 0 spiro atoms. The van der Waals surface area contributed by atoms with Crippen LogP contribution in [0.5, 0.6) is 0 Å². The average Bonchev–Trinajstić information content (AvgIpc) is 2.31. The number of carbonyl (C=O) groups is 2. The lowest BCUT2D eigenvalue weighted by Crippen LogP contribution is -2.37. The third kappa shape index (κ3) is 6.25. The molecule has 0 saturated carbocycles. The Bertz CT molecular complexity index is 404. The van der Waals surface area contributed by atoms with E-state index in [0.29, 0.717) is 24.5 Å². The number of hydrogen-bond donors (Lipinski definition) is 2. The molecule has 0 fully saturated rings. The van der Waals surface area contributed by atoms with Crippen molar-refractivity contribution in [3.63, 3.8) is 0 Å². The van der Waals surface area contributed by atoms with Gasteiger partial charge in [0.2, 0.25) is 0 Å². The van der Waals surface area contributed by atoms with Crippen molar-refractivity contribution in [3.8, 4) is 0 Å². The maximum absolute atomic E-state index is 11.3. The highest BCUT2D eigenvalue weighted by atomic mass is 35.5. The molecule has 1 aromatic rings. The van der Waals surface area contributed by atoms with Crippen LogP contribution in [0.25, 0.3) is 0 Å². The summed E-state index contributed by atoms with van der Waals surface area (Å²) >= 11 is 5.77. The van der Waals surface area contributed by atoms with E-state index in [1.807, 2.05) is 24.3 Å². The third-order valence-corrected chi connectivity index (χ3v) is 2.63. The molecular weight excluding hydrogens is 252 g/mol. The number of urea groups is 1. The van der Waals surface area contributed by atoms with Gasteiger partial charge in [-0.05, 0) is 31.0 Å². The summed E-state index contributed by atoms with van der Waals surface area (Å²) in [7, 11) is 0. The Morgan fingerprint density at radius 3 is 2.33 bits per heavy atom. The zero-order chi connectivity index (χ0) is 13.4. The van der Waals surface area contributed by atoms with Gasteiger partial charge in [0, 0.05) is 24.5 Å². The van der Waals surface area contributed by atoms with Crippen LogP contribution >= 0.6 is 11.6 Å². The van der Waals surface area contributed by atoms with Crippen LogP contribution in [0, 0.1) is 0 Å². The zero-order valence-corrected chi connectivity index (χ0v) is 11.1. The van der Waals surface area contributed by atoms with Gasteiger partial charge in [0.05, 0.1) is 0 Å². The second-order valence-electron chi connectivity index (χ2n) is 4.01. The molecule has 0 atom stereocenters. The summed E-state index contributed by atoms with van der Waals surface area (Å²) in [5.41, 5.74) is 1.11. The first kappa shape index (κ1) is 14.5. The molecule has 0 unspecified atom stereocenters. The van der Waals surface area contributed by atoms with E-state index in [0.717, 1.165) is 12.0 Å². The minimum absolute atomic E-state index is 0.0662. The number of Topliss-reactive ketones (excluding diaryl/α,β-unsaturated/α-hetero) is 1. The van der Waals surface area contributed by atoms with Crippen molar-refractivity contribution in [1.82, 2.24) is 10.6 Å². The van der Waals surface area contributed by atoms with Gasteiger partial charge >= 0.3 is 6.03 Å². The van der Waals surface area contributed by atoms with Crippen LogP contribution in [0.1, 0.15) is 18.9 Å². The zero-order valence-electron chi connectivity index (χ0n) is 10.3. The number of hydrogen-bond acceptors (Lipinski definition) is 2. The third-order valence-electron chi connectivity index (χ3n) is 2.38. The molecule has 2 N–H and O–H groups in total. The molecule has 1 rings (SSSR count). The molecule has 0 aliphatic rings. The summed E-state index contributed by atoms with van der Waals surface area (Å²) in [5, 5.41) is 6.05. The summed E-state index contributed by atoms with van der Waals surface area (Å²) in [6.45, 7) is 2.43. The largest absolute Gasteiger partial charge is 0.338 e. The molecule has 1 aromatic carbocycles. The number of ketones is 1. The minimum Gasteiger partial charge on any atom is -0.338 e. The molecule has 0 radical (unpaired) electrons. The number of nitrogens with one attached hydrogen (secondary N) is 2. The maximum Gasteiger partial charge on any atom is 0.314 e. The highest BCUT2D eigenvalue weighted by Gasteiger charge is 2.00. The van der Waals surface area contributed by atoms with E-state index < -0.39 is 0 Å². The van der Waals surface area contributed by atoms with Gasteiger partial charge in [0.1, 0.15) is 5.78 Å². The quantitative estimate of drug-likeness (QED) is 0.831. The first-order valence-corrected chi connectivity index (χ1v) is 6.21. The van der Waals surface area contributed by atoms with E-state index in [2.05, 4.69) is 10.6 Å². The van der Waals surface area contributed by atoms with E-state index in [-0.39, 0.29) is 11.8 Å². The first-order chi connectivity index (χ1) is 8.58. The Balaban J connectivity index is 2.15. The van der Waals surface area contributed by atoms with Gasteiger partial charge in [-0.1, -0.05) is 23.7 Å². The highest BCUT2D eigenvalue weighted by Crippen LogP contribution is 2.09. The maximum atomic E-state index is 11.3. The summed E-state index contributed by atoms with van der Waals surface area (Å²) < 4.78 is 0. The van der Waals surface area contributed by atoms with Crippen molar-refractivity contribution in [2.24, 2.45) is 0 Å². The number of halogens is 1. The molecule has 0 aliphatic heterocycles. The minimum atomic E-state index is -0.245. The van der Waals surface area contributed by atoms with Gasteiger partial charge in [-0.3, -0.25) is 4.79 Å². The molecule has 0 heterocycles. The standard InChI is InChI=1S/C13H17ClN2O2/c1-10(17)6-8-15-13(18)16-9-7-11-2-4-12(14)5-3-11/h2-5H,6-9H2,1H3,(H2,15,16,18). The van der Waals surface area contributed by atoms with Gasteiger partial charge in [-0.15, -0.1) is 0 Å². The van der Waals surface area contributed by atoms with Crippen LogP contribution in [-0.4, -0.2) is 24.9 Å². The van der Waals surface area contributed by atoms with Crippen LogP contribution in [0.3, 0.4) is 0 Å². The SMILES string of the molecule is CC(=O)CCNC(=O)NCCc1ccc(Cl)cc1. The van der Waals surface area contributed by atoms with E-state index in [1.165, 1.54) is 6.92 Å². The van der Waals surface area contributed by atoms with Gasteiger partial charge in [-0.25, -0.2) is 4.79 Å². The predicted octanol–water partition coefficient (Wildman–Crippen LogP) is 2.16. The average molecular weight is 269 g/mol. The van der Waals surface area contributed by atoms with Crippen molar-refractivity contribution in [3.05, 3.63) is 34.9 Å². The summed E-state index contributed by atoms with van der Waals surface area (Å²) in [6, 6.07) is 7.26. The molecule has 0 aliphatic carbocycles. The molecule has 98 valence electrons. The van der Waals surface area contributed by atoms with Crippen LogP contribution in [0.15, 0.2) is 24.3 Å². The van der Waals surface area contributed by atoms with Crippen molar-refractivity contribution >= 4 is 23.4 Å². The molecular formula is C13H17ClN2O2. The van der Waals surface area contributed by atoms with Crippen molar-refractivity contribution in [1.29, 1.82) is 0 Å². The van der Waals surface area contributed by atoms with Crippen LogP contribution in [-0.2, 0) is 11.2 Å². The van der Waals surface area contributed by atoms with Crippen molar-refractivity contribution in [2.75, 3.05) is 13.1 Å². The second kappa shape index (κ2) is 7.71. The topological polar surface area (TPSA) is 58.2 Å². The molecule has 0 bridgehead atoms. The van der Waals surface area contributed by atoms with Crippen LogP contribution in [0.2, 0.25) is 5.02 Å². The summed E-state index contributed by atoms with van der Waals surface area (Å²) in [4.78, 5) is 22.0. The number of carbonyl (C=O) groups excluding carboxylic acids is 2. The number of rotatable bonds is 6. The second-order valence-corrected chi connectivity index (χ2v) is 4.45. The van der Waals surface area contributed by atoms with E-state index >= 15 is 0 Å². The highest BCUT2D eigenvalue weighted by molar-refractivity contribution is 6.30. The molecule has 18 heavy (non-hydrogen) atoms. The molecule has 2 amide bonds. The van der Waals surface area contributed by atoms with Gasteiger partial charge in [-0.2, -0.15) is 0 Å². The fourth-order valence-corrected chi connectivity index (χ4v) is 1.51. The van der Waals surface area contributed by atoms with Gasteiger partial charge < -0.3 is 10.6 Å². The fourth-order valence-electron chi connectivity index (χ4n) is 1.39. The monoisotopic (exact) mass is 268 g/mol. The number of amides is 2. The predicted molar refractivity (Wildman–Crippen MR) is 71.9 cm³/mol. The summed E-state index contributed by atoms with van der Waals surface area (Å²) in [5.74, 6) is 0.0662. The van der Waals surface area contributed by atoms with Crippen molar-refractivity contribution in [2.45, 2.75) is 19.8 Å². The number of benzene rings is 1. The van der Waals surface area contributed by atoms with E-state index in [1.54, 1.807) is 0 Å². The molecule has 0 saturated heterocycles. The fraction of sp³-hybridized carbons (Fsp3) is 0.385. The van der Waals surface area contributed by atoms with E-state index in [9.17, 15) is 9.59 Å². The lowest BCUT2D eigenvalue weighted by Gasteiger charge is -2.06. The smallest absolute Gasteiger partial charge is 0.314 e. The molecule has 5 heteroatoms. The van der Waals surface area contributed by atoms with Gasteiger partial charge in [0.25, 0.3) is 0 Å². The Labute approximate surface area is 112 Å². The Kier molecular flexibility index (Phi) is 6.22. The first-order valence-electron chi connectivity index (χ1n) is 5.83. The Hall–Kier alpha value is -1.55. The van der Waals surface area contributed by atoms with Gasteiger partial charge in [0.15, 0.2) is 0 Å². The normalized spacial score (nSPS) is 9.89. The lowest BCUT2D eigenvalue weighted by molar-refractivity contribution is -0.116. The van der Waals surface area contributed by atoms with Crippen molar-refractivity contribution < 1.29 is 9.59 Å².